The summed E-state index contributed by atoms with van der Waals surface area (Å²) >= 11 is 0. The van der Waals surface area contributed by atoms with Gasteiger partial charge in [0.15, 0.2) is 11.5 Å². The lowest BCUT2D eigenvalue weighted by Crippen LogP contribution is -2.41. The van der Waals surface area contributed by atoms with E-state index >= 15 is 0 Å². The lowest BCUT2D eigenvalue weighted by Gasteiger charge is -2.13. The minimum absolute atomic E-state index is 0.0109. The number of aromatic nitrogens is 2. The molecule has 2 heterocycles. The Morgan fingerprint density at radius 3 is 2.70 bits per heavy atom. The van der Waals surface area contributed by atoms with Gasteiger partial charge in [0, 0.05) is 12.4 Å². The van der Waals surface area contributed by atoms with E-state index in [-0.39, 0.29) is 17.8 Å². The Morgan fingerprint density at radius 1 is 1.30 bits per heavy atom. The number of aryl methyl sites for hydroxylation is 1. The van der Waals surface area contributed by atoms with E-state index in [4.69, 9.17) is 25.3 Å². The van der Waals surface area contributed by atoms with Crippen molar-refractivity contribution >= 4 is 11.9 Å². The topological polar surface area (TPSA) is 149 Å². The predicted molar refractivity (Wildman–Crippen MR) is 103 cm³/mol. The van der Waals surface area contributed by atoms with Crippen molar-refractivity contribution in [2.45, 2.75) is 44.9 Å². The van der Waals surface area contributed by atoms with Gasteiger partial charge in [-0.15, -0.1) is 0 Å². The van der Waals surface area contributed by atoms with Crippen molar-refractivity contribution in [2.24, 2.45) is 5.84 Å². The molecule has 1 aromatic heterocycles. The summed E-state index contributed by atoms with van der Waals surface area (Å²) in [6.45, 7) is 1.90. The molecule has 0 spiro atoms. The second kappa shape index (κ2) is 9.78. The van der Waals surface area contributed by atoms with Crippen LogP contribution in [0.1, 0.15) is 49.1 Å². The van der Waals surface area contributed by atoms with E-state index in [0.717, 1.165) is 5.56 Å². The van der Waals surface area contributed by atoms with Crippen LogP contribution in [-0.2, 0) is 20.7 Å². The molecule has 156 valence electrons. The molecule has 2 aromatic rings. The first-order valence-electron chi connectivity index (χ1n) is 9.43. The number of benzene rings is 1. The number of carbonyl (C=O) groups excluding carboxylic acids is 2. The number of ether oxygens (including phenoxy) is 3. The molecule has 1 aliphatic rings. The Morgan fingerprint density at radius 2 is 2.03 bits per heavy atom. The number of esters is 2. The van der Waals surface area contributed by atoms with E-state index < -0.39 is 24.3 Å². The van der Waals surface area contributed by atoms with E-state index in [1.165, 1.54) is 12.4 Å². The zero-order valence-electron chi connectivity index (χ0n) is 16.3. The number of carbonyl (C=O) groups is 2. The van der Waals surface area contributed by atoms with Crippen LogP contribution in [-0.4, -0.2) is 28.3 Å². The number of nitriles is 1. The lowest BCUT2D eigenvalue weighted by atomic mass is 10.0. The molecule has 2 unspecified atom stereocenters. The monoisotopic (exact) mass is 411 g/mol. The SMILES string of the molecule is CCCC(C(=O)OC(=O)CCc1ccc2c(c1)OC(NN)O2)c1ncc(C#N)cn1. The normalized spacial score (nSPS) is 15.3. The van der Waals surface area contributed by atoms with Crippen LogP contribution in [0.2, 0.25) is 0 Å². The summed E-state index contributed by atoms with van der Waals surface area (Å²) in [5.74, 6) is 4.46. The molecule has 0 amide bonds. The molecule has 3 rings (SSSR count). The highest BCUT2D eigenvalue weighted by atomic mass is 16.7. The fraction of sp³-hybridized carbons (Fsp3) is 0.350. The highest BCUT2D eigenvalue weighted by molar-refractivity contribution is 5.89. The molecular formula is C20H21N5O5. The van der Waals surface area contributed by atoms with Crippen molar-refractivity contribution in [1.29, 1.82) is 5.26 Å². The minimum atomic E-state index is -0.766. The third-order valence-electron chi connectivity index (χ3n) is 4.42. The number of nitrogens with one attached hydrogen (secondary N) is 1. The third kappa shape index (κ3) is 5.08. The molecule has 1 aromatic carbocycles. The van der Waals surface area contributed by atoms with Crippen molar-refractivity contribution in [3.05, 3.63) is 47.5 Å². The molecule has 0 bridgehead atoms. The van der Waals surface area contributed by atoms with Crippen LogP contribution in [0.5, 0.6) is 11.5 Å². The molecule has 1 aliphatic heterocycles. The molecule has 0 saturated heterocycles. The van der Waals surface area contributed by atoms with Gasteiger partial charge in [-0.2, -0.15) is 10.7 Å². The highest BCUT2D eigenvalue weighted by Crippen LogP contribution is 2.34. The van der Waals surface area contributed by atoms with E-state index in [0.29, 0.717) is 30.8 Å². The van der Waals surface area contributed by atoms with Crippen LogP contribution in [0.4, 0.5) is 0 Å². The van der Waals surface area contributed by atoms with Crippen molar-refractivity contribution in [1.82, 2.24) is 15.4 Å². The predicted octanol–water partition coefficient (Wildman–Crippen LogP) is 1.45. The first kappa shape index (κ1) is 21.2. The van der Waals surface area contributed by atoms with Crippen molar-refractivity contribution in [3.8, 4) is 17.6 Å². The van der Waals surface area contributed by atoms with Crippen molar-refractivity contribution < 1.29 is 23.8 Å². The minimum Gasteiger partial charge on any atom is -0.437 e. The summed E-state index contributed by atoms with van der Waals surface area (Å²) < 4.78 is 15.8. The molecule has 3 N–H and O–H groups in total. The Kier molecular flexibility index (Phi) is 6.90. The summed E-state index contributed by atoms with van der Waals surface area (Å²) in [5.41, 5.74) is 3.47. The van der Waals surface area contributed by atoms with Crippen LogP contribution in [0.3, 0.4) is 0 Å². The number of hydrazine groups is 1. The van der Waals surface area contributed by atoms with Gasteiger partial charge in [-0.1, -0.05) is 19.4 Å². The molecule has 0 radical (unpaired) electrons. The summed E-state index contributed by atoms with van der Waals surface area (Å²) in [6.07, 6.45) is 3.39. The highest BCUT2D eigenvalue weighted by Gasteiger charge is 2.27. The molecular weight excluding hydrogens is 390 g/mol. The Balaban J connectivity index is 1.57. The van der Waals surface area contributed by atoms with Crippen LogP contribution in [0.25, 0.3) is 0 Å². The van der Waals surface area contributed by atoms with Gasteiger partial charge in [-0.25, -0.2) is 9.97 Å². The summed E-state index contributed by atoms with van der Waals surface area (Å²) in [6, 6.07) is 7.17. The largest absolute Gasteiger partial charge is 0.437 e. The average molecular weight is 411 g/mol. The van der Waals surface area contributed by atoms with E-state index in [2.05, 4.69) is 15.4 Å². The quantitative estimate of drug-likeness (QED) is 0.283. The van der Waals surface area contributed by atoms with Gasteiger partial charge in [-0.05, 0) is 30.5 Å². The second-order valence-electron chi connectivity index (χ2n) is 6.59. The second-order valence-corrected chi connectivity index (χ2v) is 6.59. The number of rotatable bonds is 8. The number of hydrogen-bond acceptors (Lipinski definition) is 10. The first-order chi connectivity index (χ1) is 14.5. The number of nitrogens with zero attached hydrogens (tertiary/aromatic N) is 3. The van der Waals surface area contributed by atoms with Crippen LogP contribution >= 0.6 is 0 Å². The van der Waals surface area contributed by atoms with Crippen LogP contribution < -0.4 is 20.7 Å². The van der Waals surface area contributed by atoms with E-state index in [9.17, 15) is 9.59 Å². The Bertz CT molecular complexity index is 957. The van der Waals surface area contributed by atoms with Crippen LogP contribution in [0.15, 0.2) is 30.6 Å². The maximum atomic E-state index is 12.5. The van der Waals surface area contributed by atoms with E-state index in [1.807, 2.05) is 13.0 Å². The van der Waals surface area contributed by atoms with Gasteiger partial charge in [0.2, 0.25) is 0 Å². The molecule has 0 saturated carbocycles. The first-order valence-corrected chi connectivity index (χ1v) is 9.43. The fourth-order valence-electron chi connectivity index (χ4n) is 2.92. The summed E-state index contributed by atoms with van der Waals surface area (Å²) in [5, 5.41) is 8.84. The summed E-state index contributed by atoms with van der Waals surface area (Å²) in [4.78, 5) is 32.8. The fourth-order valence-corrected chi connectivity index (χ4v) is 2.92. The molecule has 30 heavy (non-hydrogen) atoms. The number of fused-ring (bicyclic) bond motifs is 1. The zero-order chi connectivity index (χ0) is 21.5. The Hall–Kier alpha value is -3.55. The smallest absolute Gasteiger partial charge is 0.324 e. The standard InChI is InChI=1S/C20H21N5O5/c1-2-3-14(18-23-10-13(9-21)11-24-18)19(27)30-17(26)7-5-12-4-6-15-16(8-12)29-20(25-22)28-15/h4,6,8,10-11,14,20,25H,2-3,5,7,22H2,1H3. The van der Waals surface area contributed by atoms with Crippen molar-refractivity contribution in [3.63, 3.8) is 0 Å². The molecule has 0 fully saturated rings. The Labute approximate surface area is 172 Å². The maximum Gasteiger partial charge on any atom is 0.324 e. The average Bonchev–Trinajstić information content (AvgIpc) is 3.18. The number of nitrogens with two attached hydrogens (primary N) is 1. The summed E-state index contributed by atoms with van der Waals surface area (Å²) in [7, 11) is 0. The van der Waals surface area contributed by atoms with Gasteiger partial charge in [0.25, 0.3) is 0 Å². The molecule has 10 heteroatoms. The third-order valence-corrected chi connectivity index (χ3v) is 4.42. The van der Waals surface area contributed by atoms with Gasteiger partial charge >= 0.3 is 18.4 Å². The van der Waals surface area contributed by atoms with Gasteiger partial charge in [0.05, 0.1) is 12.0 Å². The number of hydrogen-bond donors (Lipinski definition) is 2. The zero-order valence-corrected chi connectivity index (χ0v) is 16.3. The van der Waals surface area contributed by atoms with Gasteiger partial charge < -0.3 is 14.2 Å². The maximum absolute atomic E-state index is 12.5. The van der Waals surface area contributed by atoms with Gasteiger partial charge in [-0.3, -0.25) is 15.4 Å². The van der Waals surface area contributed by atoms with Gasteiger partial charge in [0.1, 0.15) is 17.8 Å². The lowest BCUT2D eigenvalue weighted by molar-refractivity contribution is -0.161. The van der Waals surface area contributed by atoms with Crippen LogP contribution in [0, 0.1) is 11.3 Å². The molecule has 10 nitrogen and oxygen atoms in total. The molecule has 0 aliphatic carbocycles. The molecule has 2 atom stereocenters. The van der Waals surface area contributed by atoms with E-state index in [1.54, 1.807) is 18.2 Å². The van der Waals surface area contributed by atoms with Crippen molar-refractivity contribution in [2.75, 3.05) is 0 Å².